The molecule has 0 spiro atoms. The van der Waals surface area contributed by atoms with Crippen LogP contribution in [0.4, 0.5) is 11.6 Å². The lowest BCUT2D eigenvalue weighted by molar-refractivity contribution is 0.751. The van der Waals surface area contributed by atoms with E-state index in [2.05, 4.69) is 16.8 Å². The zero-order valence-corrected chi connectivity index (χ0v) is 10.7. The van der Waals surface area contributed by atoms with Gasteiger partial charge in [-0.05, 0) is 25.3 Å². The SMILES string of the molecule is CCCN(c1nc(N)c(Cl)cc1Cl)C1CC1. The van der Waals surface area contributed by atoms with Crippen molar-refractivity contribution in [1.82, 2.24) is 4.98 Å². The normalized spacial score (nSPS) is 15.2. The summed E-state index contributed by atoms with van der Waals surface area (Å²) in [7, 11) is 0. The third kappa shape index (κ3) is 2.36. The Morgan fingerprint density at radius 3 is 2.69 bits per heavy atom. The van der Waals surface area contributed by atoms with E-state index in [0.717, 1.165) is 18.8 Å². The van der Waals surface area contributed by atoms with E-state index >= 15 is 0 Å². The lowest BCUT2D eigenvalue weighted by Crippen LogP contribution is -2.27. The predicted molar refractivity (Wildman–Crippen MR) is 69.3 cm³/mol. The highest BCUT2D eigenvalue weighted by Crippen LogP contribution is 2.36. The van der Waals surface area contributed by atoms with Crippen LogP contribution in [-0.4, -0.2) is 17.6 Å². The minimum absolute atomic E-state index is 0.350. The van der Waals surface area contributed by atoms with Gasteiger partial charge >= 0.3 is 0 Å². The van der Waals surface area contributed by atoms with Crippen LogP contribution in [0, 0.1) is 0 Å². The van der Waals surface area contributed by atoms with Crippen molar-refractivity contribution in [2.24, 2.45) is 0 Å². The highest BCUT2D eigenvalue weighted by atomic mass is 35.5. The molecule has 0 saturated heterocycles. The first-order valence-corrected chi connectivity index (χ1v) is 6.27. The molecular weight excluding hydrogens is 245 g/mol. The number of pyridine rings is 1. The van der Waals surface area contributed by atoms with E-state index in [1.165, 1.54) is 12.8 Å². The maximum atomic E-state index is 6.16. The van der Waals surface area contributed by atoms with Gasteiger partial charge in [-0.25, -0.2) is 4.98 Å². The summed E-state index contributed by atoms with van der Waals surface area (Å²) in [5.41, 5.74) is 5.72. The quantitative estimate of drug-likeness (QED) is 0.902. The van der Waals surface area contributed by atoms with E-state index in [4.69, 9.17) is 28.9 Å². The van der Waals surface area contributed by atoms with Gasteiger partial charge < -0.3 is 10.6 Å². The van der Waals surface area contributed by atoms with Gasteiger partial charge in [0.05, 0.1) is 10.0 Å². The number of halogens is 2. The summed E-state index contributed by atoms with van der Waals surface area (Å²) in [5.74, 6) is 1.12. The molecule has 0 bridgehead atoms. The van der Waals surface area contributed by atoms with Gasteiger partial charge in [0, 0.05) is 12.6 Å². The molecule has 0 atom stereocenters. The van der Waals surface area contributed by atoms with Crippen molar-refractivity contribution in [3.05, 3.63) is 16.1 Å². The van der Waals surface area contributed by atoms with Crippen molar-refractivity contribution in [2.45, 2.75) is 32.2 Å². The van der Waals surface area contributed by atoms with Crippen molar-refractivity contribution >= 4 is 34.8 Å². The van der Waals surface area contributed by atoms with Crippen molar-refractivity contribution in [1.29, 1.82) is 0 Å². The molecule has 2 N–H and O–H groups in total. The van der Waals surface area contributed by atoms with Crippen LogP contribution < -0.4 is 10.6 Å². The smallest absolute Gasteiger partial charge is 0.150 e. The molecule has 1 saturated carbocycles. The van der Waals surface area contributed by atoms with Crippen LogP contribution in [0.5, 0.6) is 0 Å². The molecule has 1 aliphatic rings. The number of hydrogen-bond donors (Lipinski definition) is 1. The Morgan fingerprint density at radius 2 is 2.12 bits per heavy atom. The number of nitrogens with zero attached hydrogens (tertiary/aromatic N) is 2. The van der Waals surface area contributed by atoms with E-state index in [1.807, 2.05) is 0 Å². The molecule has 0 radical (unpaired) electrons. The maximum Gasteiger partial charge on any atom is 0.150 e. The highest BCUT2D eigenvalue weighted by Gasteiger charge is 2.30. The van der Waals surface area contributed by atoms with Gasteiger partial charge in [-0.15, -0.1) is 0 Å². The highest BCUT2D eigenvalue weighted by molar-refractivity contribution is 6.37. The summed E-state index contributed by atoms with van der Waals surface area (Å²) < 4.78 is 0. The fourth-order valence-corrected chi connectivity index (χ4v) is 2.23. The molecule has 0 aliphatic heterocycles. The molecule has 0 unspecified atom stereocenters. The monoisotopic (exact) mass is 259 g/mol. The Bertz CT molecular complexity index is 391. The van der Waals surface area contributed by atoms with Gasteiger partial charge in [-0.2, -0.15) is 0 Å². The van der Waals surface area contributed by atoms with Crippen LogP contribution in [0.25, 0.3) is 0 Å². The molecule has 5 heteroatoms. The van der Waals surface area contributed by atoms with Crippen LogP contribution >= 0.6 is 23.2 Å². The third-order valence-electron chi connectivity index (χ3n) is 2.66. The van der Waals surface area contributed by atoms with Gasteiger partial charge in [-0.1, -0.05) is 30.1 Å². The number of nitrogens with two attached hydrogens (primary N) is 1. The van der Waals surface area contributed by atoms with Crippen LogP contribution in [-0.2, 0) is 0 Å². The summed E-state index contributed by atoms with van der Waals surface area (Å²) in [5, 5.41) is 1.00. The number of anilines is 2. The van der Waals surface area contributed by atoms with Gasteiger partial charge in [0.25, 0.3) is 0 Å². The molecule has 1 aliphatic carbocycles. The van der Waals surface area contributed by atoms with Crippen LogP contribution in [0.1, 0.15) is 26.2 Å². The van der Waals surface area contributed by atoms with Gasteiger partial charge in [0.2, 0.25) is 0 Å². The summed E-state index contributed by atoms with van der Waals surface area (Å²) >= 11 is 12.0. The van der Waals surface area contributed by atoms with Crippen molar-refractivity contribution in [3.63, 3.8) is 0 Å². The zero-order chi connectivity index (χ0) is 11.7. The summed E-state index contributed by atoms with van der Waals surface area (Å²) in [6.07, 6.45) is 3.48. The average molecular weight is 260 g/mol. The van der Waals surface area contributed by atoms with Gasteiger partial charge in [0.15, 0.2) is 0 Å². The second kappa shape index (κ2) is 4.68. The van der Waals surface area contributed by atoms with E-state index in [0.29, 0.717) is 21.9 Å². The third-order valence-corrected chi connectivity index (χ3v) is 3.24. The largest absolute Gasteiger partial charge is 0.382 e. The first kappa shape index (κ1) is 11.8. The van der Waals surface area contributed by atoms with Crippen molar-refractivity contribution in [3.8, 4) is 0 Å². The van der Waals surface area contributed by atoms with Gasteiger partial charge in [0.1, 0.15) is 11.6 Å². The van der Waals surface area contributed by atoms with E-state index in [-0.39, 0.29) is 0 Å². The predicted octanol–water partition coefficient (Wildman–Crippen LogP) is 3.35. The minimum Gasteiger partial charge on any atom is -0.382 e. The average Bonchev–Trinajstić information content (AvgIpc) is 3.04. The van der Waals surface area contributed by atoms with Gasteiger partial charge in [-0.3, -0.25) is 0 Å². The molecule has 1 aromatic heterocycles. The molecule has 3 nitrogen and oxygen atoms in total. The first-order chi connectivity index (χ1) is 7.63. The van der Waals surface area contributed by atoms with Crippen LogP contribution in [0.15, 0.2) is 6.07 Å². The number of aromatic nitrogens is 1. The topological polar surface area (TPSA) is 42.2 Å². The maximum absolute atomic E-state index is 6.16. The molecule has 16 heavy (non-hydrogen) atoms. The second-order valence-electron chi connectivity index (χ2n) is 4.09. The number of nitrogen functional groups attached to an aromatic ring is 1. The molecule has 2 rings (SSSR count). The van der Waals surface area contributed by atoms with E-state index in [1.54, 1.807) is 6.07 Å². The number of rotatable bonds is 4. The first-order valence-electron chi connectivity index (χ1n) is 5.51. The standard InChI is InChI=1S/C11H15Cl2N3/c1-2-5-16(7-3-4-7)11-9(13)6-8(12)10(14)15-11/h6-7H,2-5H2,1H3,(H2,14,15). The molecule has 0 aromatic carbocycles. The van der Waals surface area contributed by atoms with Crippen molar-refractivity contribution < 1.29 is 0 Å². The second-order valence-corrected chi connectivity index (χ2v) is 4.90. The fourth-order valence-electron chi connectivity index (χ4n) is 1.76. The Kier molecular flexibility index (Phi) is 3.45. The summed E-state index contributed by atoms with van der Waals surface area (Å²) in [4.78, 5) is 6.52. The van der Waals surface area contributed by atoms with E-state index < -0.39 is 0 Å². The molecular formula is C11H15Cl2N3. The van der Waals surface area contributed by atoms with Crippen LogP contribution in [0.3, 0.4) is 0 Å². The Hall–Kier alpha value is -0.670. The summed E-state index contributed by atoms with van der Waals surface area (Å²) in [6.45, 7) is 3.10. The molecule has 1 heterocycles. The Balaban J connectivity index is 2.32. The number of hydrogen-bond acceptors (Lipinski definition) is 3. The lowest BCUT2D eigenvalue weighted by Gasteiger charge is -2.24. The molecule has 1 fully saturated rings. The lowest BCUT2D eigenvalue weighted by atomic mass is 10.3. The fraction of sp³-hybridized carbons (Fsp3) is 0.545. The van der Waals surface area contributed by atoms with Crippen LogP contribution in [0.2, 0.25) is 10.0 Å². The molecule has 88 valence electrons. The Labute approximate surface area is 106 Å². The minimum atomic E-state index is 0.350. The molecule has 0 amide bonds. The van der Waals surface area contributed by atoms with E-state index in [9.17, 15) is 0 Å². The van der Waals surface area contributed by atoms with Crippen molar-refractivity contribution in [2.75, 3.05) is 17.2 Å². The Morgan fingerprint density at radius 1 is 1.44 bits per heavy atom. The zero-order valence-electron chi connectivity index (χ0n) is 9.21. The molecule has 1 aromatic rings. The summed E-state index contributed by atoms with van der Waals surface area (Å²) in [6, 6.07) is 2.25.